The van der Waals surface area contributed by atoms with E-state index >= 15 is 0 Å². The summed E-state index contributed by atoms with van der Waals surface area (Å²) in [6.07, 6.45) is -10.5. The molecule has 1 unspecified atom stereocenters. The van der Waals surface area contributed by atoms with E-state index in [1.54, 1.807) is 0 Å². The molecular weight excluding hydrogens is 587 g/mol. The molecule has 1 nitrogen and oxygen atoms in total. The van der Waals surface area contributed by atoms with Crippen LogP contribution in [0.3, 0.4) is 0 Å². The lowest BCUT2D eigenvalue weighted by Gasteiger charge is -2.42. The van der Waals surface area contributed by atoms with Crippen molar-refractivity contribution in [2.24, 2.45) is 0 Å². The van der Waals surface area contributed by atoms with Crippen LogP contribution in [0.5, 0.6) is 0 Å². The van der Waals surface area contributed by atoms with Gasteiger partial charge in [-0.3, -0.25) is 4.21 Å². The highest BCUT2D eigenvalue weighted by molar-refractivity contribution is 7.85. The predicted molar refractivity (Wildman–Crippen MR) is 92.5 cm³/mol. The topological polar surface area (TPSA) is 17.1 Å². The van der Waals surface area contributed by atoms with E-state index in [4.69, 9.17) is 0 Å². The summed E-state index contributed by atoms with van der Waals surface area (Å²) in [5.74, 6) is -58.4. The fourth-order valence-electron chi connectivity index (χ4n) is 2.76. The summed E-state index contributed by atoms with van der Waals surface area (Å²) in [7, 11) is -2.72. The fraction of sp³-hybridized carbons (Fsp3) is 0.667. The van der Waals surface area contributed by atoms with Gasteiger partial charge in [-0.05, 0) is 37.1 Å². The van der Waals surface area contributed by atoms with Crippen LogP contribution in [0, 0.1) is 13.8 Å². The Morgan fingerprint density at radius 2 is 0.865 bits per heavy atom. The number of halogens is 17. The summed E-state index contributed by atoms with van der Waals surface area (Å²) >= 11 is 0. The van der Waals surface area contributed by atoms with Gasteiger partial charge < -0.3 is 0 Å². The van der Waals surface area contributed by atoms with E-state index < -0.39 is 70.6 Å². The highest BCUT2D eigenvalue weighted by atomic mass is 32.2. The SMILES string of the molecule is Cc1cc(C)cc(S(=O)CCC(F)(F)C(F)(F)C(F)(F)C(F)(F)C(F)(F)C(F)(F)C(F)(F)C(F)(F)F)c1. The zero-order chi connectivity index (χ0) is 29.8. The van der Waals surface area contributed by atoms with Gasteiger partial charge in [0.15, 0.2) is 0 Å². The van der Waals surface area contributed by atoms with Gasteiger partial charge in [0, 0.05) is 17.1 Å². The molecule has 1 aromatic rings. The zero-order valence-corrected chi connectivity index (χ0v) is 18.7. The molecule has 0 amide bonds. The monoisotopic (exact) mass is 600 g/mol. The molecule has 0 saturated heterocycles. The maximum Gasteiger partial charge on any atom is 0.460 e. The van der Waals surface area contributed by atoms with Crippen LogP contribution in [0.4, 0.5) is 74.6 Å². The van der Waals surface area contributed by atoms with E-state index in [9.17, 15) is 78.8 Å². The zero-order valence-electron chi connectivity index (χ0n) is 17.9. The van der Waals surface area contributed by atoms with E-state index in [1.165, 1.54) is 19.9 Å². The second-order valence-corrected chi connectivity index (χ2v) is 9.34. The van der Waals surface area contributed by atoms with Gasteiger partial charge in [0.2, 0.25) is 0 Å². The van der Waals surface area contributed by atoms with Crippen molar-refractivity contribution in [1.82, 2.24) is 0 Å². The van der Waals surface area contributed by atoms with Crippen molar-refractivity contribution in [3.05, 3.63) is 29.3 Å². The number of benzene rings is 1. The highest BCUT2D eigenvalue weighted by Crippen LogP contribution is 2.64. The Morgan fingerprint density at radius 1 is 0.541 bits per heavy atom. The van der Waals surface area contributed by atoms with Crippen LogP contribution in [-0.4, -0.2) is 57.6 Å². The quantitative estimate of drug-likeness (QED) is 0.251. The number of alkyl halides is 17. The Kier molecular flexibility index (Phi) is 8.46. The van der Waals surface area contributed by atoms with Gasteiger partial charge in [0.05, 0.1) is 10.8 Å². The minimum absolute atomic E-state index is 0.338. The standard InChI is InChI=1S/C18H13F17OS/c1-8-5-9(2)7-10(6-8)37(36)4-3-11(19,20)12(21,22)13(23,24)14(25,26)15(27,28)16(29,30)17(31,32)18(33,34)35/h5-7H,3-4H2,1-2H3. The molecule has 0 heterocycles. The fourth-order valence-corrected chi connectivity index (χ4v) is 4.07. The maximum atomic E-state index is 13.9. The Bertz CT molecular complexity index is 992. The number of hydrogen-bond acceptors (Lipinski definition) is 1. The molecule has 0 spiro atoms. The molecule has 0 aliphatic rings. The third-order valence-corrected chi connectivity index (χ3v) is 6.18. The smallest absolute Gasteiger partial charge is 0.254 e. The molecule has 37 heavy (non-hydrogen) atoms. The summed E-state index contributed by atoms with van der Waals surface area (Å²) in [5.41, 5.74) is 0.677. The Balaban J connectivity index is 3.43. The van der Waals surface area contributed by atoms with Crippen LogP contribution in [0.15, 0.2) is 23.1 Å². The Labute approximate surface area is 198 Å². The van der Waals surface area contributed by atoms with Crippen molar-refractivity contribution in [1.29, 1.82) is 0 Å². The predicted octanol–water partition coefficient (Wildman–Crippen LogP) is 7.81. The van der Waals surface area contributed by atoms with E-state index in [0.29, 0.717) is 11.1 Å². The molecule has 0 aliphatic carbocycles. The third kappa shape index (κ3) is 5.12. The summed E-state index contributed by atoms with van der Waals surface area (Å²) in [5, 5.41) is 0. The second-order valence-electron chi connectivity index (χ2n) is 7.77. The van der Waals surface area contributed by atoms with Crippen molar-refractivity contribution in [2.75, 3.05) is 5.75 Å². The van der Waals surface area contributed by atoms with E-state index in [0.717, 1.165) is 12.1 Å². The minimum atomic E-state index is -8.66. The first-order valence-electron chi connectivity index (χ1n) is 9.21. The van der Waals surface area contributed by atoms with Crippen LogP contribution in [0.1, 0.15) is 17.5 Å². The average Bonchev–Trinajstić information content (AvgIpc) is 2.69. The van der Waals surface area contributed by atoms with Gasteiger partial charge in [-0.25, -0.2) is 0 Å². The van der Waals surface area contributed by atoms with E-state index in [1.807, 2.05) is 0 Å². The lowest BCUT2D eigenvalue weighted by atomic mass is 9.88. The van der Waals surface area contributed by atoms with Crippen LogP contribution < -0.4 is 0 Å². The van der Waals surface area contributed by atoms with E-state index in [2.05, 4.69) is 0 Å². The first-order chi connectivity index (χ1) is 16.0. The summed E-state index contributed by atoms with van der Waals surface area (Å²) in [6, 6.07) is 3.54. The molecule has 0 fully saturated rings. The molecule has 0 aliphatic heterocycles. The molecule has 216 valence electrons. The summed E-state index contributed by atoms with van der Waals surface area (Å²) in [4.78, 5) is -0.353. The normalized spacial score (nSPS) is 16.2. The van der Waals surface area contributed by atoms with Crippen molar-refractivity contribution in [3.63, 3.8) is 0 Å². The minimum Gasteiger partial charge on any atom is -0.254 e. The highest BCUT2D eigenvalue weighted by Gasteiger charge is 2.95. The number of hydrogen-bond donors (Lipinski definition) is 0. The Hall–Kier alpha value is -1.82. The number of rotatable bonds is 10. The van der Waals surface area contributed by atoms with Crippen LogP contribution >= 0.6 is 0 Å². The van der Waals surface area contributed by atoms with E-state index in [-0.39, 0.29) is 4.90 Å². The summed E-state index contributed by atoms with van der Waals surface area (Å²) < 4.78 is 237. The molecule has 0 N–H and O–H groups in total. The van der Waals surface area contributed by atoms with Crippen molar-refractivity contribution in [3.8, 4) is 0 Å². The summed E-state index contributed by atoms with van der Waals surface area (Å²) in [6.45, 7) is 2.77. The lowest BCUT2D eigenvalue weighted by Crippen LogP contribution is -2.74. The maximum absolute atomic E-state index is 13.9. The molecule has 1 atom stereocenters. The number of aryl methyl sites for hydroxylation is 2. The third-order valence-electron chi connectivity index (χ3n) is 4.85. The molecule has 0 aromatic heterocycles. The largest absolute Gasteiger partial charge is 0.460 e. The van der Waals surface area contributed by atoms with Crippen molar-refractivity contribution < 1.29 is 78.8 Å². The van der Waals surface area contributed by atoms with Crippen molar-refractivity contribution in [2.45, 2.75) is 72.8 Å². The van der Waals surface area contributed by atoms with Gasteiger partial charge in [0.25, 0.3) is 0 Å². The molecule has 0 saturated carbocycles. The van der Waals surface area contributed by atoms with Gasteiger partial charge in [-0.2, -0.15) is 74.6 Å². The van der Waals surface area contributed by atoms with Crippen LogP contribution in [0.25, 0.3) is 0 Å². The van der Waals surface area contributed by atoms with Crippen molar-refractivity contribution >= 4 is 10.8 Å². The first-order valence-corrected chi connectivity index (χ1v) is 10.5. The van der Waals surface area contributed by atoms with Gasteiger partial charge in [-0.1, -0.05) is 6.07 Å². The second kappa shape index (κ2) is 9.43. The lowest BCUT2D eigenvalue weighted by molar-refractivity contribution is -0.461. The molecule has 19 heteroatoms. The van der Waals surface area contributed by atoms with Gasteiger partial charge in [0.1, 0.15) is 0 Å². The molecule has 0 bridgehead atoms. The first kappa shape index (κ1) is 33.2. The molecule has 0 radical (unpaired) electrons. The average molecular weight is 600 g/mol. The molecule has 1 rings (SSSR count). The van der Waals surface area contributed by atoms with Crippen LogP contribution in [0.2, 0.25) is 0 Å². The Morgan fingerprint density at radius 3 is 1.22 bits per heavy atom. The molecule has 1 aromatic carbocycles. The molecular formula is C18H13F17OS. The van der Waals surface area contributed by atoms with Gasteiger partial charge >= 0.3 is 47.6 Å². The van der Waals surface area contributed by atoms with Crippen LogP contribution in [-0.2, 0) is 10.8 Å². The van der Waals surface area contributed by atoms with Gasteiger partial charge in [-0.15, -0.1) is 0 Å².